The summed E-state index contributed by atoms with van der Waals surface area (Å²) in [5.74, 6) is 0. The molecular formula is C45H34N2O. The van der Waals surface area contributed by atoms with Crippen LogP contribution in [-0.2, 0) is 5.41 Å². The fourth-order valence-electron chi connectivity index (χ4n) is 7.42. The highest BCUT2D eigenvalue weighted by Gasteiger charge is 2.37. The molecule has 1 aromatic heterocycles. The van der Waals surface area contributed by atoms with Crippen molar-refractivity contribution in [3.05, 3.63) is 175 Å². The van der Waals surface area contributed by atoms with E-state index >= 15 is 0 Å². The third-order valence-electron chi connectivity index (χ3n) is 9.85. The summed E-state index contributed by atoms with van der Waals surface area (Å²) in [7, 11) is 0. The highest BCUT2D eigenvalue weighted by Crippen LogP contribution is 2.52. The minimum Gasteiger partial charge on any atom is -0.454 e. The van der Waals surface area contributed by atoms with Gasteiger partial charge in [-0.15, -0.1) is 0 Å². The lowest BCUT2D eigenvalue weighted by atomic mass is 9.73. The summed E-state index contributed by atoms with van der Waals surface area (Å²) in [5, 5.41) is 5.98. The average molecular weight is 619 g/mol. The van der Waals surface area contributed by atoms with Crippen LogP contribution >= 0.6 is 0 Å². The Kier molecular flexibility index (Phi) is 6.48. The Bertz CT molecular complexity index is 2460. The number of benzene rings is 7. The molecule has 0 spiro atoms. The van der Waals surface area contributed by atoms with Gasteiger partial charge in [0.05, 0.1) is 17.1 Å². The molecule has 0 atom stereocenters. The number of hydrogen-bond acceptors (Lipinski definition) is 3. The van der Waals surface area contributed by atoms with E-state index < -0.39 is 0 Å². The quantitative estimate of drug-likeness (QED) is 0.208. The van der Waals surface area contributed by atoms with Crippen LogP contribution in [0, 0.1) is 0 Å². The molecule has 8 aromatic rings. The van der Waals surface area contributed by atoms with Gasteiger partial charge in [0.2, 0.25) is 0 Å². The van der Waals surface area contributed by atoms with Crippen LogP contribution in [0.25, 0.3) is 44.2 Å². The first-order valence-corrected chi connectivity index (χ1v) is 16.5. The second kappa shape index (κ2) is 11.0. The Morgan fingerprint density at radius 2 is 1.17 bits per heavy atom. The Hall–Kier alpha value is -6.06. The number of para-hydroxylation sites is 4. The molecule has 0 bridgehead atoms. The van der Waals surface area contributed by atoms with Crippen LogP contribution in [0.1, 0.15) is 25.0 Å². The highest BCUT2D eigenvalue weighted by atomic mass is 16.3. The fraction of sp³-hybridized carbons (Fsp3) is 0.0667. The van der Waals surface area contributed by atoms with Gasteiger partial charge in [-0.3, -0.25) is 0 Å². The lowest BCUT2D eigenvalue weighted by Crippen LogP contribution is -2.30. The van der Waals surface area contributed by atoms with Gasteiger partial charge in [-0.05, 0) is 82.4 Å². The van der Waals surface area contributed by atoms with Gasteiger partial charge in [-0.1, -0.05) is 123 Å². The molecule has 1 aliphatic rings. The van der Waals surface area contributed by atoms with E-state index in [9.17, 15) is 0 Å². The molecule has 1 N–H and O–H groups in total. The number of anilines is 5. The van der Waals surface area contributed by atoms with E-state index in [-0.39, 0.29) is 5.41 Å². The van der Waals surface area contributed by atoms with E-state index in [1.807, 2.05) is 12.1 Å². The molecule has 1 aliphatic heterocycles. The van der Waals surface area contributed by atoms with Crippen molar-refractivity contribution in [1.29, 1.82) is 0 Å². The number of furan rings is 1. The Morgan fingerprint density at radius 3 is 2.02 bits per heavy atom. The zero-order chi connectivity index (χ0) is 32.2. The van der Waals surface area contributed by atoms with Gasteiger partial charge in [0.25, 0.3) is 0 Å². The van der Waals surface area contributed by atoms with Crippen LogP contribution in [0.2, 0.25) is 0 Å². The molecule has 3 nitrogen and oxygen atoms in total. The molecule has 0 saturated heterocycles. The number of nitrogens with zero attached hydrogens (tertiary/aromatic N) is 1. The molecule has 7 aromatic carbocycles. The van der Waals surface area contributed by atoms with E-state index in [0.29, 0.717) is 0 Å². The van der Waals surface area contributed by atoms with Crippen molar-refractivity contribution in [3.63, 3.8) is 0 Å². The number of hydrogen-bond donors (Lipinski definition) is 1. The summed E-state index contributed by atoms with van der Waals surface area (Å²) in [6.07, 6.45) is 0. The topological polar surface area (TPSA) is 28.4 Å². The van der Waals surface area contributed by atoms with Crippen LogP contribution in [0.4, 0.5) is 28.4 Å². The summed E-state index contributed by atoms with van der Waals surface area (Å²) in [6.45, 7) is 4.69. The van der Waals surface area contributed by atoms with Crippen molar-refractivity contribution in [1.82, 2.24) is 0 Å². The van der Waals surface area contributed by atoms with Gasteiger partial charge in [0.15, 0.2) is 5.58 Å². The minimum absolute atomic E-state index is 0.178. The SMILES string of the molecule is CC1(C)c2ccccc2N(c2ccccc2)c2ccc(-c3ccc(Nc4cccc5c4oc4ccccc45)c(-c4ccccc4)c3)cc21. The third kappa shape index (κ3) is 4.51. The van der Waals surface area contributed by atoms with E-state index in [1.54, 1.807) is 0 Å². The van der Waals surface area contributed by atoms with Crippen LogP contribution in [-0.4, -0.2) is 0 Å². The molecule has 0 amide bonds. The summed E-state index contributed by atoms with van der Waals surface area (Å²) >= 11 is 0. The Labute approximate surface area is 280 Å². The van der Waals surface area contributed by atoms with Crippen molar-refractivity contribution in [2.24, 2.45) is 0 Å². The zero-order valence-electron chi connectivity index (χ0n) is 26.9. The second-order valence-electron chi connectivity index (χ2n) is 13.1. The monoisotopic (exact) mass is 618 g/mol. The van der Waals surface area contributed by atoms with Crippen LogP contribution in [0.15, 0.2) is 168 Å². The summed E-state index contributed by atoms with van der Waals surface area (Å²) < 4.78 is 6.37. The second-order valence-corrected chi connectivity index (χ2v) is 13.1. The molecule has 2 heterocycles. The van der Waals surface area contributed by atoms with Crippen molar-refractivity contribution in [2.45, 2.75) is 19.3 Å². The molecule has 3 heteroatoms. The molecule has 0 saturated carbocycles. The third-order valence-corrected chi connectivity index (χ3v) is 9.85. The zero-order valence-corrected chi connectivity index (χ0v) is 26.9. The first-order chi connectivity index (χ1) is 23.6. The molecule has 0 fully saturated rings. The van der Waals surface area contributed by atoms with E-state index in [1.165, 1.54) is 33.6 Å². The van der Waals surface area contributed by atoms with Gasteiger partial charge >= 0.3 is 0 Å². The largest absolute Gasteiger partial charge is 0.454 e. The van der Waals surface area contributed by atoms with Crippen molar-refractivity contribution in [2.75, 3.05) is 10.2 Å². The minimum atomic E-state index is -0.178. The smallest absolute Gasteiger partial charge is 0.158 e. The van der Waals surface area contributed by atoms with E-state index in [2.05, 4.69) is 176 Å². The summed E-state index contributed by atoms with van der Waals surface area (Å²) in [4.78, 5) is 2.40. The number of nitrogens with one attached hydrogen (secondary N) is 1. The summed E-state index contributed by atoms with van der Waals surface area (Å²) in [5.41, 5.74) is 14.4. The first kappa shape index (κ1) is 28.2. The maximum absolute atomic E-state index is 6.37. The maximum Gasteiger partial charge on any atom is 0.158 e. The molecular weight excluding hydrogens is 585 g/mol. The maximum atomic E-state index is 6.37. The molecule has 0 unspecified atom stereocenters. The van der Waals surface area contributed by atoms with Crippen LogP contribution in [0.5, 0.6) is 0 Å². The predicted molar refractivity (Wildman–Crippen MR) is 201 cm³/mol. The lowest BCUT2D eigenvalue weighted by molar-refractivity contribution is 0.632. The standard InChI is InChI=1S/C45H34N2O/c1-45(2)37-20-10-11-22-41(37)47(33-16-7-4-8-17-33)42-27-25-32(29-38(42)45)31-24-26-39(36(28-31)30-14-5-3-6-15-30)46-40-21-13-19-35-34-18-9-12-23-43(34)48-44(35)40/h3-29,46H,1-2H3. The van der Waals surface area contributed by atoms with Gasteiger partial charge in [-0.2, -0.15) is 0 Å². The molecule has 0 radical (unpaired) electrons. The average Bonchev–Trinajstić information content (AvgIpc) is 3.53. The van der Waals surface area contributed by atoms with Gasteiger partial charge in [0, 0.05) is 33.1 Å². The molecule has 48 heavy (non-hydrogen) atoms. The van der Waals surface area contributed by atoms with Crippen molar-refractivity contribution >= 4 is 50.4 Å². The molecule has 9 rings (SSSR count). The Morgan fingerprint density at radius 1 is 0.500 bits per heavy atom. The Balaban J connectivity index is 1.17. The van der Waals surface area contributed by atoms with E-state index in [4.69, 9.17) is 4.42 Å². The number of rotatable bonds is 5. The van der Waals surface area contributed by atoms with Gasteiger partial charge in [0.1, 0.15) is 5.58 Å². The van der Waals surface area contributed by atoms with Crippen molar-refractivity contribution < 1.29 is 4.42 Å². The summed E-state index contributed by atoms with van der Waals surface area (Å²) in [6, 6.07) is 58.4. The normalized spacial score (nSPS) is 13.3. The van der Waals surface area contributed by atoms with Crippen LogP contribution in [0.3, 0.4) is 0 Å². The van der Waals surface area contributed by atoms with Gasteiger partial charge < -0.3 is 14.6 Å². The highest BCUT2D eigenvalue weighted by molar-refractivity contribution is 6.09. The predicted octanol–water partition coefficient (Wildman–Crippen LogP) is 12.8. The molecule has 230 valence electrons. The fourth-order valence-corrected chi connectivity index (χ4v) is 7.42. The van der Waals surface area contributed by atoms with Crippen molar-refractivity contribution in [3.8, 4) is 22.3 Å². The molecule has 0 aliphatic carbocycles. The van der Waals surface area contributed by atoms with E-state index in [0.717, 1.165) is 50.1 Å². The van der Waals surface area contributed by atoms with Gasteiger partial charge in [-0.25, -0.2) is 0 Å². The van der Waals surface area contributed by atoms with Crippen LogP contribution < -0.4 is 10.2 Å². The first-order valence-electron chi connectivity index (χ1n) is 16.5. The lowest BCUT2D eigenvalue weighted by Gasteiger charge is -2.42. The number of fused-ring (bicyclic) bond motifs is 5.